The lowest BCUT2D eigenvalue weighted by Crippen LogP contribution is -2.24. The fourth-order valence-corrected chi connectivity index (χ4v) is 1.77. The standard InChI is InChI=1S/C13H22N2O/c1(4-13-5-2-11-16-13)8-14-9-3-10-15-12-6-7-12/h2,5,11-12,14-15H,1,3-4,6-10H2. The lowest BCUT2D eigenvalue weighted by atomic mass is 10.2. The van der Waals surface area contributed by atoms with E-state index in [0.29, 0.717) is 0 Å². The smallest absolute Gasteiger partial charge is 0.103 e. The molecule has 2 N–H and O–H groups in total. The number of hydrogen-bond acceptors (Lipinski definition) is 3. The molecule has 0 atom stereocenters. The molecule has 0 amide bonds. The molecule has 1 aliphatic carbocycles. The van der Waals surface area contributed by atoms with Crippen LogP contribution in [-0.4, -0.2) is 25.7 Å². The molecule has 0 bridgehead atoms. The Morgan fingerprint density at radius 2 is 2.06 bits per heavy atom. The molecule has 3 heteroatoms. The molecule has 0 spiro atoms. The minimum Gasteiger partial charge on any atom is -0.469 e. The maximum Gasteiger partial charge on any atom is 0.103 e. The molecule has 0 aliphatic heterocycles. The van der Waals surface area contributed by atoms with Crippen LogP contribution in [0.5, 0.6) is 0 Å². The monoisotopic (exact) mass is 222 g/mol. The van der Waals surface area contributed by atoms with Crippen LogP contribution in [0.3, 0.4) is 0 Å². The molecule has 1 heterocycles. The van der Waals surface area contributed by atoms with Gasteiger partial charge in [-0.3, -0.25) is 0 Å². The van der Waals surface area contributed by atoms with Gasteiger partial charge in [-0.2, -0.15) is 0 Å². The SMILES string of the molecule is c1coc(CCCNCCCNC2CC2)c1. The van der Waals surface area contributed by atoms with Gasteiger partial charge in [-0.25, -0.2) is 0 Å². The van der Waals surface area contributed by atoms with Crippen molar-refractivity contribution in [3.63, 3.8) is 0 Å². The van der Waals surface area contributed by atoms with Crippen LogP contribution in [0.4, 0.5) is 0 Å². The Kier molecular flexibility index (Phi) is 4.90. The van der Waals surface area contributed by atoms with Crippen LogP contribution in [0, 0.1) is 0 Å². The van der Waals surface area contributed by atoms with Gasteiger partial charge in [0.25, 0.3) is 0 Å². The number of hydrogen-bond donors (Lipinski definition) is 2. The Balaban J connectivity index is 1.34. The molecule has 1 aliphatic rings. The van der Waals surface area contributed by atoms with E-state index in [2.05, 4.69) is 10.6 Å². The second-order valence-electron chi connectivity index (χ2n) is 4.51. The summed E-state index contributed by atoms with van der Waals surface area (Å²) in [6, 6.07) is 4.84. The highest BCUT2D eigenvalue weighted by Crippen LogP contribution is 2.18. The molecule has 16 heavy (non-hydrogen) atoms. The largest absolute Gasteiger partial charge is 0.469 e. The third-order valence-corrected chi connectivity index (χ3v) is 2.90. The molecule has 1 aromatic heterocycles. The molecule has 90 valence electrons. The summed E-state index contributed by atoms with van der Waals surface area (Å²) in [5.74, 6) is 1.09. The van der Waals surface area contributed by atoms with E-state index in [4.69, 9.17) is 4.42 Å². The van der Waals surface area contributed by atoms with Crippen LogP contribution >= 0.6 is 0 Å². The zero-order valence-electron chi connectivity index (χ0n) is 9.87. The maximum atomic E-state index is 5.27. The lowest BCUT2D eigenvalue weighted by molar-refractivity contribution is 0.494. The number of nitrogens with one attached hydrogen (secondary N) is 2. The molecule has 0 saturated heterocycles. The van der Waals surface area contributed by atoms with Crippen LogP contribution in [0.2, 0.25) is 0 Å². The van der Waals surface area contributed by atoms with Gasteiger partial charge >= 0.3 is 0 Å². The lowest BCUT2D eigenvalue weighted by Gasteiger charge is -2.04. The first-order valence-electron chi connectivity index (χ1n) is 6.41. The van der Waals surface area contributed by atoms with E-state index in [1.807, 2.05) is 12.1 Å². The molecule has 0 radical (unpaired) electrons. The minimum absolute atomic E-state index is 0.846. The van der Waals surface area contributed by atoms with E-state index >= 15 is 0 Å². The maximum absolute atomic E-state index is 5.27. The van der Waals surface area contributed by atoms with Crippen LogP contribution < -0.4 is 10.6 Å². The van der Waals surface area contributed by atoms with Gasteiger partial charge in [-0.1, -0.05) is 0 Å². The normalized spacial score (nSPS) is 15.5. The number of rotatable bonds is 9. The van der Waals surface area contributed by atoms with Gasteiger partial charge in [0.15, 0.2) is 0 Å². The Morgan fingerprint density at radius 1 is 1.19 bits per heavy atom. The highest BCUT2D eigenvalue weighted by molar-refractivity contribution is 4.97. The highest BCUT2D eigenvalue weighted by Gasteiger charge is 2.19. The third-order valence-electron chi connectivity index (χ3n) is 2.90. The van der Waals surface area contributed by atoms with E-state index in [1.165, 1.54) is 19.3 Å². The molecular weight excluding hydrogens is 200 g/mol. The molecule has 1 saturated carbocycles. The van der Waals surface area contributed by atoms with Gasteiger partial charge in [0.2, 0.25) is 0 Å². The van der Waals surface area contributed by atoms with Gasteiger partial charge < -0.3 is 15.1 Å². The van der Waals surface area contributed by atoms with Crippen LogP contribution in [0.1, 0.15) is 31.4 Å². The fourth-order valence-electron chi connectivity index (χ4n) is 1.77. The zero-order valence-corrected chi connectivity index (χ0v) is 9.87. The van der Waals surface area contributed by atoms with Gasteiger partial charge in [0.1, 0.15) is 5.76 Å². The zero-order chi connectivity index (χ0) is 11.1. The van der Waals surface area contributed by atoms with Crippen LogP contribution in [0.25, 0.3) is 0 Å². The van der Waals surface area contributed by atoms with Gasteiger partial charge in [0, 0.05) is 12.5 Å². The summed E-state index contributed by atoms with van der Waals surface area (Å²) in [4.78, 5) is 0. The predicted octanol–water partition coefficient (Wildman–Crippen LogP) is 1.94. The Hall–Kier alpha value is -0.800. The van der Waals surface area contributed by atoms with E-state index in [-0.39, 0.29) is 0 Å². The summed E-state index contributed by atoms with van der Waals surface area (Å²) in [6.07, 6.45) is 7.95. The van der Waals surface area contributed by atoms with Crippen molar-refractivity contribution in [1.29, 1.82) is 0 Å². The quantitative estimate of drug-likeness (QED) is 0.627. The topological polar surface area (TPSA) is 37.2 Å². The van der Waals surface area contributed by atoms with Crippen molar-refractivity contribution >= 4 is 0 Å². The molecular formula is C13H22N2O. The Morgan fingerprint density at radius 3 is 2.81 bits per heavy atom. The first-order valence-corrected chi connectivity index (χ1v) is 6.41. The van der Waals surface area contributed by atoms with Crippen molar-refractivity contribution < 1.29 is 4.42 Å². The fraction of sp³-hybridized carbons (Fsp3) is 0.692. The third kappa shape index (κ3) is 4.81. The van der Waals surface area contributed by atoms with Crippen LogP contribution in [0.15, 0.2) is 22.8 Å². The van der Waals surface area contributed by atoms with Crippen molar-refractivity contribution in [3.8, 4) is 0 Å². The number of furan rings is 1. The summed E-state index contributed by atoms with van der Waals surface area (Å²) in [7, 11) is 0. The van der Waals surface area contributed by atoms with Crippen molar-refractivity contribution in [2.24, 2.45) is 0 Å². The average molecular weight is 222 g/mol. The molecule has 1 aromatic rings. The first kappa shape index (κ1) is 11.7. The summed E-state index contributed by atoms with van der Waals surface area (Å²) in [6.45, 7) is 3.37. The first-order chi connectivity index (χ1) is 7.95. The van der Waals surface area contributed by atoms with E-state index in [0.717, 1.165) is 44.3 Å². The second kappa shape index (κ2) is 6.71. The van der Waals surface area contributed by atoms with E-state index in [9.17, 15) is 0 Å². The summed E-state index contributed by atoms with van der Waals surface area (Å²) < 4.78 is 5.27. The Labute approximate surface area is 97.6 Å². The number of aryl methyl sites for hydroxylation is 1. The van der Waals surface area contributed by atoms with E-state index < -0.39 is 0 Å². The molecule has 0 unspecified atom stereocenters. The van der Waals surface area contributed by atoms with E-state index in [1.54, 1.807) is 6.26 Å². The van der Waals surface area contributed by atoms with Crippen LogP contribution in [-0.2, 0) is 6.42 Å². The Bertz CT molecular complexity index is 267. The van der Waals surface area contributed by atoms with Crippen molar-refractivity contribution in [2.75, 3.05) is 19.6 Å². The van der Waals surface area contributed by atoms with Gasteiger partial charge in [-0.05, 0) is 57.5 Å². The summed E-state index contributed by atoms with van der Waals surface area (Å²) >= 11 is 0. The molecule has 1 fully saturated rings. The second-order valence-corrected chi connectivity index (χ2v) is 4.51. The van der Waals surface area contributed by atoms with Gasteiger partial charge in [0.05, 0.1) is 6.26 Å². The predicted molar refractivity (Wildman–Crippen MR) is 65.5 cm³/mol. The molecule has 0 aromatic carbocycles. The van der Waals surface area contributed by atoms with Gasteiger partial charge in [-0.15, -0.1) is 0 Å². The molecule has 3 nitrogen and oxygen atoms in total. The highest BCUT2D eigenvalue weighted by atomic mass is 16.3. The average Bonchev–Trinajstić information content (AvgIpc) is 2.97. The van der Waals surface area contributed by atoms with Crippen molar-refractivity contribution in [1.82, 2.24) is 10.6 Å². The van der Waals surface area contributed by atoms with Crippen molar-refractivity contribution in [3.05, 3.63) is 24.2 Å². The summed E-state index contributed by atoms with van der Waals surface area (Å²) in [5.41, 5.74) is 0. The molecule has 2 rings (SSSR count). The minimum atomic E-state index is 0.846. The van der Waals surface area contributed by atoms with Crippen molar-refractivity contribution in [2.45, 2.75) is 38.1 Å². The summed E-state index contributed by atoms with van der Waals surface area (Å²) in [5, 5.41) is 6.98.